The van der Waals surface area contributed by atoms with Crippen LogP contribution in [0.5, 0.6) is 5.75 Å². The van der Waals surface area contributed by atoms with E-state index in [-0.39, 0.29) is 6.04 Å². The molecular weight excluding hydrogens is 224 g/mol. The van der Waals surface area contributed by atoms with Crippen LogP contribution in [-0.4, -0.2) is 12.6 Å². The van der Waals surface area contributed by atoms with Gasteiger partial charge in [-0.15, -0.1) is 0 Å². The van der Waals surface area contributed by atoms with E-state index in [1.807, 2.05) is 18.2 Å². The van der Waals surface area contributed by atoms with Gasteiger partial charge < -0.3 is 4.74 Å². The normalized spacial score (nSPS) is 12.8. The van der Waals surface area contributed by atoms with Crippen molar-refractivity contribution in [1.29, 1.82) is 0 Å². The van der Waals surface area contributed by atoms with E-state index in [1.54, 1.807) is 6.07 Å². The molecule has 0 aliphatic carbocycles. The second kappa shape index (κ2) is 6.74. The molecule has 0 bridgehead atoms. The third kappa shape index (κ3) is 4.84. The molecule has 4 heteroatoms. The number of hydrogen-bond donors (Lipinski definition) is 2. The molecule has 0 spiro atoms. The van der Waals surface area contributed by atoms with Gasteiger partial charge in [-0.3, -0.25) is 11.3 Å². The lowest BCUT2D eigenvalue weighted by atomic mass is 10.1. The van der Waals surface area contributed by atoms with Crippen LogP contribution in [0.2, 0.25) is 5.02 Å². The summed E-state index contributed by atoms with van der Waals surface area (Å²) in [4.78, 5) is 0. The highest BCUT2D eigenvalue weighted by Crippen LogP contribution is 2.17. The maximum absolute atomic E-state index is 5.86. The molecule has 0 saturated heterocycles. The fraction of sp³-hybridized carbons (Fsp3) is 0.500. The van der Waals surface area contributed by atoms with Crippen molar-refractivity contribution in [2.45, 2.75) is 26.3 Å². The Balaban J connectivity index is 2.43. The van der Waals surface area contributed by atoms with Crippen LogP contribution in [-0.2, 0) is 0 Å². The summed E-state index contributed by atoms with van der Waals surface area (Å²) in [5.41, 5.74) is 2.76. The maximum Gasteiger partial charge on any atom is 0.120 e. The summed E-state index contributed by atoms with van der Waals surface area (Å²) < 4.78 is 5.61. The summed E-state index contributed by atoms with van der Waals surface area (Å²) in [6.07, 6.45) is 0.983. The topological polar surface area (TPSA) is 47.3 Å². The number of rotatable bonds is 6. The Morgan fingerprint density at radius 2 is 2.19 bits per heavy atom. The lowest BCUT2D eigenvalue weighted by Crippen LogP contribution is -2.40. The maximum atomic E-state index is 5.86. The smallest absolute Gasteiger partial charge is 0.120 e. The number of ether oxygens (including phenoxy) is 1. The van der Waals surface area contributed by atoms with Gasteiger partial charge in [-0.25, -0.2) is 0 Å². The van der Waals surface area contributed by atoms with Crippen molar-refractivity contribution in [2.75, 3.05) is 6.61 Å². The Bertz CT molecular complexity index is 318. The monoisotopic (exact) mass is 242 g/mol. The van der Waals surface area contributed by atoms with Crippen molar-refractivity contribution in [2.24, 2.45) is 11.8 Å². The molecule has 1 unspecified atom stereocenters. The second-order valence-electron chi connectivity index (χ2n) is 4.26. The summed E-state index contributed by atoms with van der Waals surface area (Å²) in [5, 5.41) is 0.679. The van der Waals surface area contributed by atoms with Crippen molar-refractivity contribution in [3.63, 3.8) is 0 Å². The summed E-state index contributed by atoms with van der Waals surface area (Å²) in [6.45, 7) is 4.86. The van der Waals surface area contributed by atoms with E-state index in [1.165, 1.54) is 0 Å². The number of nitrogens with one attached hydrogen (secondary N) is 1. The number of hydrazine groups is 1. The van der Waals surface area contributed by atoms with E-state index < -0.39 is 0 Å². The predicted molar refractivity (Wildman–Crippen MR) is 67.5 cm³/mol. The summed E-state index contributed by atoms with van der Waals surface area (Å²) in [5.74, 6) is 6.82. The first-order valence-corrected chi connectivity index (χ1v) is 5.84. The predicted octanol–water partition coefficient (Wildman–Crippen LogP) is 2.60. The highest BCUT2D eigenvalue weighted by molar-refractivity contribution is 6.30. The Morgan fingerprint density at radius 1 is 1.44 bits per heavy atom. The zero-order chi connectivity index (χ0) is 12.0. The third-order valence-electron chi connectivity index (χ3n) is 2.24. The van der Waals surface area contributed by atoms with Gasteiger partial charge in [0.1, 0.15) is 12.4 Å². The Labute approximate surface area is 102 Å². The first kappa shape index (κ1) is 13.3. The molecule has 0 amide bonds. The fourth-order valence-electron chi connectivity index (χ4n) is 1.51. The van der Waals surface area contributed by atoms with Gasteiger partial charge >= 0.3 is 0 Å². The molecule has 0 saturated carbocycles. The molecule has 3 nitrogen and oxygen atoms in total. The van der Waals surface area contributed by atoms with Crippen LogP contribution in [0.15, 0.2) is 24.3 Å². The van der Waals surface area contributed by atoms with Crippen LogP contribution in [0.4, 0.5) is 0 Å². The number of nitrogens with two attached hydrogens (primary N) is 1. The SMILES string of the molecule is CC(C)CC(COc1cccc(Cl)c1)NN. The molecule has 1 rings (SSSR count). The van der Waals surface area contributed by atoms with E-state index in [4.69, 9.17) is 22.2 Å². The number of halogens is 1. The number of hydrogen-bond acceptors (Lipinski definition) is 3. The van der Waals surface area contributed by atoms with Gasteiger partial charge in [0.25, 0.3) is 0 Å². The van der Waals surface area contributed by atoms with Crippen molar-refractivity contribution in [1.82, 2.24) is 5.43 Å². The lowest BCUT2D eigenvalue weighted by molar-refractivity contribution is 0.245. The van der Waals surface area contributed by atoms with Crippen LogP contribution in [0, 0.1) is 5.92 Å². The third-order valence-corrected chi connectivity index (χ3v) is 2.47. The van der Waals surface area contributed by atoms with Crippen molar-refractivity contribution in [3.05, 3.63) is 29.3 Å². The molecule has 0 aliphatic heterocycles. The molecule has 0 radical (unpaired) electrons. The average Bonchev–Trinajstić information content (AvgIpc) is 2.24. The second-order valence-corrected chi connectivity index (χ2v) is 4.70. The molecule has 1 aromatic carbocycles. The first-order chi connectivity index (χ1) is 7.61. The average molecular weight is 243 g/mol. The molecule has 1 atom stereocenters. The van der Waals surface area contributed by atoms with Crippen LogP contribution >= 0.6 is 11.6 Å². The van der Waals surface area contributed by atoms with Crippen LogP contribution < -0.4 is 16.0 Å². The highest BCUT2D eigenvalue weighted by Gasteiger charge is 2.09. The summed E-state index contributed by atoms with van der Waals surface area (Å²) in [6, 6.07) is 7.53. The van der Waals surface area contributed by atoms with Crippen molar-refractivity contribution < 1.29 is 4.74 Å². The molecule has 0 heterocycles. The fourth-order valence-corrected chi connectivity index (χ4v) is 1.69. The molecular formula is C12H19ClN2O. The molecule has 90 valence electrons. The minimum atomic E-state index is 0.166. The molecule has 0 fully saturated rings. The van der Waals surface area contributed by atoms with Gasteiger partial charge in [0.15, 0.2) is 0 Å². The summed E-state index contributed by atoms with van der Waals surface area (Å²) in [7, 11) is 0. The molecule has 1 aromatic rings. The van der Waals surface area contributed by atoms with Crippen LogP contribution in [0.1, 0.15) is 20.3 Å². The minimum Gasteiger partial charge on any atom is -0.492 e. The van der Waals surface area contributed by atoms with Gasteiger partial charge in [-0.05, 0) is 30.5 Å². The van der Waals surface area contributed by atoms with E-state index in [2.05, 4.69) is 19.3 Å². The summed E-state index contributed by atoms with van der Waals surface area (Å²) >= 11 is 5.86. The standard InChI is InChI=1S/C12H19ClN2O/c1-9(2)6-11(15-14)8-16-12-5-3-4-10(13)7-12/h3-5,7,9,11,15H,6,8,14H2,1-2H3. The lowest BCUT2D eigenvalue weighted by Gasteiger charge is -2.18. The first-order valence-electron chi connectivity index (χ1n) is 5.46. The zero-order valence-electron chi connectivity index (χ0n) is 9.74. The quantitative estimate of drug-likeness (QED) is 0.596. The minimum absolute atomic E-state index is 0.166. The van der Waals surface area contributed by atoms with Gasteiger partial charge in [-0.2, -0.15) is 0 Å². The van der Waals surface area contributed by atoms with Crippen molar-refractivity contribution in [3.8, 4) is 5.75 Å². The molecule has 0 aliphatic rings. The molecule has 0 aromatic heterocycles. The Hall–Kier alpha value is -0.770. The van der Waals surface area contributed by atoms with Crippen LogP contribution in [0.25, 0.3) is 0 Å². The van der Waals surface area contributed by atoms with E-state index in [9.17, 15) is 0 Å². The van der Waals surface area contributed by atoms with E-state index in [0.717, 1.165) is 12.2 Å². The van der Waals surface area contributed by atoms with Gasteiger partial charge in [0.05, 0.1) is 6.04 Å². The van der Waals surface area contributed by atoms with Gasteiger partial charge in [-0.1, -0.05) is 31.5 Å². The molecule has 16 heavy (non-hydrogen) atoms. The molecule has 3 N–H and O–H groups in total. The van der Waals surface area contributed by atoms with Gasteiger partial charge in [0.2, 0.25) is 0 Å². The Kier molecular flexibility index (Phi) is 5.60. The zero-order valence-corrected chi connectivity index (χ0v) is 10.5. The highest BCUT2D eigenvalue weighted by atomic mass is 35.5. The number of benzene rings is 1. The largest absolute Gasteiger partial charge is 0.492 e. The van der Waals surface area contributed by atoms with Crippen LogP contribution in [0.3, 0.4) is 0 Å². The Morgan fingerprint density at radius 3 is 2.75 bits per heavy atom. The van der Waals surface area contributed by atoms with E-state index >= 15 is 0 Å². The van der Waals surface area contributed by atoms with Gasteiger partial charge in [0, 0.05) is 5.02 Å². The van der Waals surface area contributed by atoms with E-state index in [0.29, 0.717) is 17.5 Å². The van der Waals surface area contributed by atoms with Crippen molar-refractivity contribution >= 4 is 11.6 Å².